The molecule has 1 unspecified atom stereocenters. The van der Waals surface area contributed by atoms with Crippen molar-refractivity contribution in [2.24, 2.45) is 5.73 Å². The van der Waals surface area contributed by atoms with Crippen LogP contribution in [-0.4, -0.2) is 23.5 Å². The average Bonchev–Trinajstić information content (AvgIpc) is 2.74. The zero-order valence-electron chi connectivity index (χ0n) is 6.94. The van der Waals surface area contributed by atoms with Crippen LogP contribution in [0.4, 0.5) is 5.69 Å². The fourth-order valence-corrected chi connectivity index (χ4v) is 2.30. The maximum Gasteiger partial charge on any atom is 0.0681 e. The summed E-state index contributed by atoms with van der Waals surface area (Å²) in [6, 6.07) is 0.543. The minimum absolute atomic E-state index is 0.543. The Bertz CT molecular complexity index is 234. The molecule has 1 aromatic rings. The average molecular weight is 183 g/mol. The van der Waals surface area contributed by atoms with Crippen molar-refractivity contribution in [2.75, 3.05) is 18.0 Å². The molecule has 1 fully saturated rings. The Morgan fingerprint density at radius 3 is 3.33 bits per heavy atom. The maximum atomic E-state index is 5.67. The highest BCUT2D eigenvalue weighted by Crippen LogP contribution is 2.25. The van der Waals surface area contributed by atoms with Crippen molar-refractivity contribution in [3.63, 3.8) is 0 Å². The van der Waals surface area contributed by atoms with Gasteiger partial charge in [0.1, 0.15) is 0 Å². The minimum atomic E-state index is 0.543. The highest BCUT2D eigenvalue weighted by Gasteiger charge is 2.23. The molecular formula is C8H13N3S. The lowest BCUT2D eigenvalue weighted by Gasteiger charge is -2.23. The summed E-state index contributed by atoms with van der Waals surface area (Å²) in [5.41, 5.74) is 6.92. The van der Waals surface area contributed by atoms with Crippen molar-refractivity contribution in [3.05, 3.63) is 11.6 Å². The van der Waals surface area contributed by atoms with Crippen LogP contribution in [0, 0.1) is 0 Å². The van der Waals surface area contributed by atoms with Gasteiger partial charge in [-0.2, -0.15) is 4.37 Å². The van der Waals surface area contributed by atoms with Gasteiger partial charge in [-0.15, -0.1) is 0 Å². The standard InChI is InChI=1S/C8H13N3S/c9-4-7-2-1-3-11(7)8-5-10-12-6-8/h5-7H,1-4,9H2. The van der Waals surface area contributed by atoms with E-state index in [1.54, 1.807) is 0 Å². The molecule has 3 nitrogen and oxygen atoms in total. The van der Waals surface area contributed by atoms with Crippen LogP contribution in [0.25, 0.3) is 0 Å². The summed E-state index contributed by atoms with van der Waals surface area (Å²) in [6.07, 6.45) is 4.42. The van der Waals surface area contributed by atoms with Gasteiger partial charge in [0, 0.05) is 24.5 Å². The van der Waals surface area contributed by atoms with Crippen molar-refractivity contribution in [1.29, 1.82) is 0 Å². The van der Waals surface area contributed by atoms with E-state index in [1.165, 1.54) is 30.1 Å². The number of aromatic nitrogens is 1. The Balaban J connectivity index is 2.13. The second-order valence-corrected chi connectivity index (χ2v) is 3.77. The summed E-state index contributed by atoms with van der Waals surface area (Å²) in [5.74, 6) is 0. The van der Waals surface area contributed by atoms with Crippen LogP contribution in [0.2, 0.25) is 0 Å². The molecule has 0 amide bonds. The summed E-state index contributed by atoms with van der Waals surface area (Å²) in [7, 11) is 0. The van der Waals surface area contributed by atoms with E-state index >= 15 is 0 Å². The molecule has 1 aromatic heterocycles. The minimum Gasteiger partial charge on any atom is -0.365 e. The van der Waals surface area contributed by atoms with E-state index in [2.05, 4.69) is 14.7 Å². The second kappa shape index (κ2) is 3.41. The number of nitrogens with two attached hydrogens (primary N) is 1. The van der Waals surface area contributed by atoms with Crippen LogP contribution in [0.15, 0.2) is 11.6 Å². The topological polar surface area (TPSA) is 42.1 Å². The van der Waals surface area contributed by atoms with Crippen molar-refractivity contribution < 1.29 is 0 Å². The third-order valence-corrected chi connectivity index (χ3v) is 2.97. The Labute approximate surface area is 76.4 Å². The number of anilines is 1. The van der Waals surface area contributed by atoms with Gasteiger partial charge in [0.15, 0.2) is 0 Å². The molecule has 1 aliphatic heterocycles. The molecule has 1 aliphatic rings. The lowest BCUT2D eigenvalue weighted by molar-refractivity contribution is 0.677. The van der Waals surface area contributed by atoms with Crippen LogP contribution in [0.1, 0.15) is 12.8 Å². The molecule has 0 radical (unpaired) electrons. The van der Waals surface area contributed by atoms with Crippen molar-refractivity contribution in [2.45, 2.75) is 18.9 Å². The van der Waals surface area contributed by atoms with Gasteiger partial charge in [-0.25, -0.2) is 0 Å². The molecule has 66 valence electrons. The monoisotopic (exact) mass is 183 g/mol. The van der Waals surface area contributed by atoms with Crippen LogP contribution < -0.4 is 10.6 Å². The number of hydrogen-bond donors (Lipinski definition) is 1. The zero-order chi connectivity index (χ0) is 8.39. The largest absolute Gasteiger partial charge is 0.365 e. The Kier molecular flexibility index (Phi) is 2.28. The number of nitrogens with zero attached hydrogens (tertiary/aromatic N) is 2. The Morgan fingerprint density at radius 2 is 2.67 bits per heavy atom. The van der Waals surface area contributed by atoms with E-state index in [-0.39, 0.29) is 0 Å². The SMILES string of the molecule is NCC1CCCN1c1cnsc1. The molecule has 1 saturated heterocycles. The number of hydrogen-bond acceptors (Lipinski definition) is 4. The Hall–Kier alpha value is -0.610. The summed E-state index contributed by atoms with van der Waals surface area (Å²) < 4.78 is 4.09. The molecule has 2 rings (SSSR count). The van der Waals surface area contributed by atoms with Gasteiger partial charge in [-0.3, -0.25) is 0 Å². The predicted octanol–water partition coefficient (Wildman–Crippen LogP) is 1.07. The summed E-state index contributed by atoms with van der Waals surface area (Å²) in [5, 5.41) is 2.09. The highest BCUT2D eigenvalue weighted by atomic mass is 32.1. The molecular weight excluding hydrogens is 170 g/mol. The van der Waals surface area contributed by atoms with Gasteiger partial charge in [0.2, 0.25) is 0 Å². The Morgan fingerprint density at radius 1 is 1.75 bits per heavy atom. The normalized spacial score (nSPS) is 23.4. The molecule has 2 heterocycles. The first-order chi connectivity index (χ1) is 5.92. The molecule has 0 aromatic carbocycles. The van der Waals surface area contributed by atoms with E-state index in [1.807, 2.05) is 6.20 Å². The lowest BCUT2D eigenvalue weighted by Crippen LogP contribution is -2.35. The molecule has 1 atom stereocenters. The quantitative estimate of drug-likeness (QED) is 0.745. The second-order valence-electron chi connectivity index (χ2n) is 3.11. The van der Waals surface area contributed by atoms with Crippen molar-refractivity contribution >= 4 is 17.2 Å². The van der Waals surface area contributed by atoms with Gasteiger partial charge >= 0.3 is 0 Å². The van der Waals surface area contributed by atoms with Crippen LogP contribution >= 0.6 is 11.5 Å². The molecule has 0 spiro atoms. The predicted molar refractivity (Wildman–Crippen MR) is 51.5 cm³/mol. The highest BCUT2D eigenvalue weighted by molar-refractivity contribution is 7.04. The van der Waals surface area contributed by atoms with E-state index < -0.39 is 0 Å². The molecule has 2 N–H and O–H groups in total. The van der Waals surface area contributed by atoms with Gasteiger partial charge in [-0.05, 0) is 24.4 Å². The van der Waals surface area contributed by atoms with E-state index in [9.17, 15) is 0 Å². The maximum absolute atomic E-state index is 5.67. The van der Waals surface area contributed by atoms with E-state index in [4.69, 9.17) is 5.73 Å². The third kappa shape index (κ3) is 1.32. The first-order valence-corrected chi connectivity index (χ1v) is 5.11. The lowest BCUT2D eigenvalue weighted by atomic mass is 10.2. The summed E-state index contributed by atoms with van der Waals surface area (Å²) in [6.45, 7) is 1.90. The fourth-order valence-electron chi connectivity index (χ4n) is 1.76. The van der Waals surface area contributed by atoms with Crippen LogP contribution in [0.5, 0.6) is 0 Å². The summed E-state index contributed by atoms with van der Waals surface area (Å²) >= 11 is 1.51. The van der Waals surface area contributed by atoms with Crippen LogP contribution in [-0.2, 0) is 0 Å². The van der Waals surface area contributed by atoms with Gasteiger partial charge in [0.05, 0.1) is 11.9 Å². The van der Waals surface area contributed by atoms with Crippen molar-refractivity contribution in [3.8, 4) is 0 Å². The van der Waals surface area contributed by atoms with E-state index in [0.29, 0.717) is 6.04 Å². The number of rotatable bonds is 2. The fraction of sp³-hybridized carbons (Fsp3) is 0.625. The first-order valence-electron chi connectivity index (χ1n) is 4.28. The zero-order valence-corrected chi connectivity index (χ0v) is 7.76. The smallest absolute Gasteiger partial charge is 0.0681 e. The van der Waals surface area contributed by atoms with Gasteiger partial charge < -0.3 is 10.6 Å². The molecule has 0 bridgehead atoms. The summed E-state index contributed by atoms with van der Waals surface area (Å²) in [4.78, 5) is 2.36. The molecule has 0 saturated carbocycles. The van der Waals surface area contributed by atoms with Gasteiger partial charge in [-0.1, -0.05) is 0 Å². The van der Waals surface area contributed by atoms with Crippen LogP contribution in [0.3, 0.4) is 0 Å². The molecule has 4 heteroatoms. The van der Waals surface area contributed by atoms with Gasteiger partial charge in [0.25, 0.3) is 0 Å². The molecule has 12 heavy (non-hydrogen) atoms. The third-order valence-electron chi connectivity index (χ3n) is 2.40. The van der Waals surface area contributed by atoms with E-state index in [0.717, 1.165) is 13.1 Å². The van der Waals surface area contributed by atoms with Crippen molar-refractivity contribution in [1.82, 2.24) is 4.37 Å². The first kappa shape index (κ1) is 8.01. The molecule has 0 aliphatic carbocycles.